The zero-order chi connectivity index (χ0) is 18.8. The first-order chi connectivity index (χ1) is 13.2. The summed E-state index contributed by atoms with van der Waals surface area (Å²) in [5.41, 5.74) is 3.50. The Bertz CT molecular complexity index is 950. The van der Waals surface area contributed by atoms with Crippen LogP contribution < -0.4 is 4.90 Å². The van der Waals surface area contributed by atoms with Gasteiger partial charge in [-0.3, -0.25) is 9.69 Å². The second-order valence-corrected chi connectivity index (χ2v) is 7.73. The fourth-order valence-electron chi connectivity index (χ4n) is 3.43. The van der Waals surface area contributed by atoms with Crippen LogP contribution in [0.4, 0.5) is 5.13 Å². The third-order valence-electron chi connectivity index (χ3n) is 4.86. The highest BCUT2D eigenvalue weighted by Gasteiger charge is 2.26. The summed E-state index contributed by atoms with van der Waals surface area (Å²) in [6.07, 6.45) is 7.84. The Morgan fingerprint density at radius 2 is 2.07 bits per heavy atom. The zero-order valence-corrected chi connectivity index (χ0v) is 16.2. The van der Waals surface area contributed by atoms with Crippen LogP contribution in [0.2, 0.25) is 0 Å². The maximum Gasteiger partial charge on any atom is 0.263 e. The zero-order valence-electron chi connectivity index (χ0n) is 15.4. The highest BCUT2D eigenvalue weighted by atomic mass is 32.1. The molecule has 0 aliphatic heterocycles. The molecule has 1 aliphatic carbocycles. The molecule has 27 heavy (non-hydrogen) atoms. The summed E-state index contributed by atoms with van der Waals surface area (Å²) < 4.78 is 1.80. The SMILES string of the molecule is C=CCN(C(=O)c1cnn(-c2ccccc2)c1C)c1nc2c(s1)CCCC2. The number of amides is 1. The Morgan fingerprint density at radius 3 is 2.81 bits per heavy atom. The van der Waals surface area contributed by atoms with E-state index >= 15 is 0 Å². The van der Waals surface area contributed by atoms with Crippen molar-refractivity contribution in [2.75, 3.05) is 11.4 Å². The van der Waals surface area contributed by atoms with Crippen molar-refractivity contribution in [3.05, 3.63) is 71.0 Å². The van der Waals surface area contributed by atoms with Crippen LogP contribution in [-0.4, -0.2) is 27.2 Å². The molecule has 6 heteroatoms. The van der Waals surface area contributed by atoms with Crippen LogP contribution in [-0.2, 0) is 12.8 Å². The molecule has 0 bridgehead atoms. The van der Waals surface area contributed by atoms with Crippen LogP contribution in [0.1, 0.15) is 39.5 Å². The first-order valence-corrected chi connectivity index (χ1v) is 10.0. The van der Waals surface area contributed by atoms with E-state index in [1.165, 1.54) is 17.7 Å². The summed E-state index contributed by atoms with van der Waals surface area (Å²) >= 11 is 1.63. The number of nitrogens with zero attached hydrogens (tertiary/aromatic N) is 4. The van der Waals surface area contributed by atoms with Gasteiger partial charge in [0, 0.05) is 11.4 Å². The lowest BCUT2D eigenvalue weighted by atomic mass is 10.0. The Morgan fingerprint density at radius 1 is 1.30 bits per heavy atom. The number of rotatable bonds is 5. The van der Waals surface area contributed by atoms with E-state index in [2.05, 4.69) is 11.7 Å². The highest BCUT2D eigenvalue weighted by Crippen LogP contribution is 2.32. The van der Waals surface area contributed by atoms with Crippen LogP contribution in [0.5, 0.6) is 0 Å². The Balaban J connectivity index is 1.68. The molecule has 0 atom stereocenters. The minimum atomic E-state index is -0.0827. The number of hydrogen-bond acceptors (Lipinski definition) is 4. The largest absolute Gasteiger partial charge is 0.280 e. The van der Waals surface area contributed by atoms with E-state index in [-0.39, 0.29) is 5.91 Å². The topological polar surface area (TPSA) is 51.0 Å². The van der Waals surface area contributed by atoms with Crippen LogP contribution in [0.25, 0.3) is 5.69 Å². The van der Waals surface area contributed by atoms with Crippen molar-refractivity contribution < 1.29 is 4.79 Å². The lowest BCUT2D eigenvalue weighted by Gasteiger charge is -2.18. The number of fused-ring (bicyclic) bond motifs is 1. The number of hydrogen-bond donors (Lipinski definition) is 0. The lowest BCUT2D eigenvalue weighted by Crippen LogP contribution is -2.31. The standard InChI is InChI=1S/C21H22N4OS/c1-3-13-24(21-23-18-11-7-8-12-19(18)27-21)20(26)17-14-22-25(15(17)2)16-9-5-4-6-10-16/h3-6,9-10,14H,1,7-8,11-13H2,2H3. The van der Waals surface area contributed by atoms with Gasteiger partial charge >= 0.3 is 0 Å². The van der Waals surface area contributed by atoms with Crippen molar-refractivity contribution in [1.82, 2.24) is 14.8 Å². The summed E-state index contributed by atoms with van der Waals surface area (Å²) in [6, 6.07) is 9.84. The van der Waals surface area contributed by atoms with Gasteiger partial charge in [0.15, 0.2) is 5.13 Å². The van der Waals surface area contributed by atoms with E-state index in [1.807, 2.05) is 37.3 Å². The van der Waals surface area contributed by atoms with E-state index < -0.39 is 0 Å². The molecule has 0 N–H and O–H groups in total. The molecule has 3 aromatic rings. The van der Waals surface area contributed by atoms with Crippen molar-refractivity contribution in [2.45, 2.75) is 32.6 Å². The first-order valence-electron chi connectivity index (χ1n) is 9.20. The fraction of sp³-hybridized carbons (Fsp3) is 0.286. The second kappa shape index (κ2) is 7.48. The molecule has 0 fully saturated rings. The van der Waals surface area contributed by atoms with Gasteiger partial charge in [0.2, 0.25) is 0 Å². The number of carbonyl (C=O) groups is 1. The predicted molar refractivity (Wildman–Crippen MR) is 109 cm³/mol. The van der Waals surface area contributed by atoms with Crippen LogP contribution in [0.15, 0.2) is 49.2 Å². The number of aryl methyl sites for hydroxylation is 2. The molecular formula is C21H22N4OS. The summed E-state index contributed by atoms with van der Waals surface area (Å²) in [7, 11) is 0. The summed E-state index contributed by atoms with van der Waals surface area (Å²) in [4.78, 5) is 21.1. The number of carbonyl (C=O) groups excluding carboxylic acids is 1. The van der Waals surface area contributed by atoms with Gasteiger partial charge in [-0.15, -0.1) is 17.9 Å². The van der Waals surface area contributed by atoms with Gasteiger partial charge in [-0.05, 0) is 44.7 Å². The molecule has 0 radical (unpaired) electrons. The number of para-hydroxylation sites is 1. The van der Waals surface area contributed by atoms with Gasteiger partial charge in [-0.25, -0.2) is 9.67 Å². The maximum absolute atomic E-state index is 13.3. The predicted octanol–water partition coefficient (Wildman–Crippen LogP) is 4.35. The monoisotopic (exact) mass is 378 g/mol. The lowest BCUT2D eigenvalue weighted by molar-refractivity contribution is 0.0989. The van der Waals surface area contributed by atoms with E-state index in [4.69, 9.17) is 4.98 Å². The maximum atomic E-state index is 13.3. The van der Waals surface area contributed by atoms with Crippen LogP contribution >= 0.6 is 11.3 Å². The van der Waals surface area contributed by atoms with Gasteiger partial charge in [-0.1, -0.05) is 24.3 Å². The van der Waals surface area contributed by atoms with Crippen LogP contribution in [0, 0.1) is 6.92 Å². The number of thiazole rings is 1. The summed E-state index contributed by atoms with van der Waals surface area (Å²) in [5, 5.41) is 5.20. The highest BCUT2D eigenvalue weighted by molar-refractivity contribution is 7.16. The molecule has 0 saturated carbocycles. The fourth-order valence-corrected chi connectivity index (χ4v) is 4.58. The number of aromatic nitrogens is 3. The quantitative estimate of drug-likeness (QED) is 0.620. The third-order valence-corrected chi connectivity index (χ3v) is 6.04. The average molecular weight is 379 g/mol. The molecule has 2 aromatic heterocycles. The van der Waals surface area contributed by atoms with Crippen molar-refractivity contribution in [1.29, 1.82) is 0 Å². The Kier molecular flexibility index (Phi) is 4.90. The molecule has 0 unspecified atom stereocenters. The molecule has 0 spiro atoms. The first kappa shape index (κ1) is 17.7. The Hall–Kier alpha value is -2.73. The van der Waals surface area contributed by atoms with Gasteiger partial charge in [0.05, 0.1) is 28.8 Å². The van der Waals surface area contributed by atoms with Crippen molar-refractivity contribution in [3.63, 3.8) is 0 Å². The second-order valence-electron chi connectivity index (χ2n) is 6.67. The molecule has 1 aliphatic rings. The molecule has 0 saturated heterocycles. The molecular weight excluding hydrogens is 356 g/mol. The van der Waals surface area contributed by atoms with Gasteiger partial charge < -0.3 is 0 Å². The van der Waals surface area contributed by atoms with E-state index in [9.17, 15) is 4.79 Å². The van der Waals surface area contributed by atoms with E-state index in [0.29, 0.717) is 12.1 Å². The molecule has 4 rings (SSSR count). The average Bonchev–Trinajstić information content (AvgIpc) is 3.29. The number of anilines is 1. The summed E-state index contributed by atoms with van der Waals surface area (Å²) in [5.74, 6) is -0.0827. The normalized spacial score (nSPS) is 13.2. The van der Waals surface area contributed by atoms with Crippen LogP contribution in [0.3, 0.4) is 0 Å². The van der Waals surface area contributed by atoms with E-state index in [1.54, 1.807) is 33.2 Å². The van der Waals surface area contributed by atoms with Gasteiger partial charge in [0.1, 0.15) is 0 Å². The minimum absolute atomic E-state index is 0.0827. The molecule has 138 valence electrons. The number of benzene rings is 1. The van der Waals surface area contributed by atoms with Crippen molar-refractivity contribution in [3.8, 4) is 5.69 Å². The van der Waals surface area contributed by atoms with Gasteiger partial charge in [0.25, 0.3) is 5.91 Å². The minimum Gasteiger partial charge on any atom is -0.280 e. The van der Waals surface area contributed by atoms with Crippen molar-refractivity contribution >= 4 is 22.4 Å². The van der Waals surface area contributed by atoms with Gasteiger partial charge in [-0.2, -0.15) is 5.10 Å². The van der Waals surface area contributed by atoms with E-state index in [0.717, 1.165) is 35.0 Å². The molecule has 1 amide bonds. The third kappa shape index (κ3) is 3.32. The Labute approximate surface area is 163 Å². The summed E-state index contributed by atoms with van der Waals surface area (Å²) in [6.45, 7) is 6.18. The smallest absolute Gasteiger partial charge is 0.263 e. The molecule has 2 heterocycles. The van der Waals surface area contributed by atoms with Crippen molar-refractivity contribution in [2.24, 2.45) is 0 Å². The molecule has 5 nitrogen and oxygen atoms in total. The molecule has 1 aromatic carbocycles.